The quantitative estimate of drug-likeness (QED) is 0.561. The third-order valence-electron chi connectivity index (χ3n) is 2.15. The van der Waals surface area contributed by atoms with E-state index in [0.29, 0.717) is 0 Å². The van der Waals surface area contributed by atoms with Gasteiger partial charge in [-0.25, -0.2) is 0 Å². The van der Waals surface area contributed by atoms with Gasteiger partial charge in [-0.3, -0.25) is 0 Å². The van der Waals surface area contributed by atoms with E-state index in [2.05, 4.69) is 50.2 Å². The first-order valence-corrected chi connectivity index (χ1v) is 4.23. The van der Waals surface area contributed by atoms with E-state index in [1.165, 1.54) is 21.9 Å². The van der Waals surface area contributed by atoms with Crippen molar-refractivity contribution in [2.24, 2.45) is 0 Å². The van der Waals surface area contributed by atoms with E-state index in [-0.39, 0.29) is 7.43 Å². The summed E-state index contributed by atoms with van der Waals surface area (Å²) in [6.45, 7) is 4.25. The molecule has 0 aliphatic rings. The van der Waals surface area contributed by atoms with E-state index in [9.17, 15) is 0 Å². The molecule has 0 aliphatic carbocycles. The lowest BCUT2D eigenvalue weighted by Gasteiger charge is -1.99. The fourth-order valence-electron chi connectivity index (χ4n) is 1.49. The van der Waals surface area contributed by atoms with Crippen molar-refractivity contribution in [2.45, 2.75) is 21.3 Å². The summed E-state index contributed by atoms with van der Waals surface area (Å²) in [5.74, 6) is 0. The van der Waals surface area contributed by atoms with Crippen molar-refractivity contribution in [1.29, 1.82) is 0 Å². The van der Waals surface area contributed by atoms with Crippen LogP contribution in [-0.2, 0) is 0 Å². The molecule has 0 aliphatic heterocycles. The second-order valence-corrected chi connectivity index (χ2v) is 3.35. The van der Waals surface area contributed by atoms with Crippen LogP contribution in [0, 0.1) is 13.8 Å². The average molecular weight is 172 g/mol. The van der Waals surface area contributed by atoms with Crippen LogP contribution in [0.2, 0.25) is 0 Å². The zero-order chi connectivity index (χ0) is 8.55. The first-order chi connectivity index (χ1) is 5.75. The van der Waals surface area contributed by atoms with Crippen LogP contribution in [0.4, 0.5) is 0 Å². The van der Waals surface area contributed by atoms with Gasteiger partial charge in [0.2, 0.25) is 0 Å². The Hall–Kier alpha value is -1.30. The Morgan fingerprint density at radius 2 is 1.15 bits per heavy atom. The zero-order valence-electron chi connectivity index (χ0n) is 7.46. The van der Waals surface area contributed by atoms with Crippen LogP contribution in [0.5, 0.6) is 0 Å². The molecule has 0 heteroatoms. The number of benzene rings is 2. The molecular formula is C13H16. The minimum absolute atomic E-state index is 0. The van der Waals surface area contributed by atoms with Gasteiger partial charge in [-0.2, -0.15) is 0 Å². The summed E-state index contributed by atoms with van der Waals surface area (Å²) in [5.41, 5.74) is 2.65. The van der Waals surface area contributed by atoms with Gasteiger partial charge in [-0.1, -0.05) is 55.0 Å². The maximum Gasteiger partial charge on any atom is -0.0179 e. The highest BCUT2D eigenvalue weighted by Gasteiger charge is 1.92. The van der Waals surface area contributed by atoms with Gasteiger partial charge < -0.3 is 0 Å². The summed E-state index contributed by atoms with van der Waals surface area (Å²) in [5, 5.41) is 2.67. The molecule has 0 fully saturated rings. The molecular weight excluding hydrogens is 156 g/mol. The molecule has 68 valence electrons. The lowest BCUT2D eigenvalue weighted by atomic mass is 10.1. The number of fused-ring (bicyclic) bond motifs is 1. The maximum atomic E-state index is 2.22. The first-order valence-electron chi connectivity index (χ1n) is 4.23. The van der Waals surface area contributed by atoms with Crippen molar-refractivity contribution in [3.05, 3.63) is 47.5 Å². The maximum absolute atomic E-state index is 2.22. The van der Waals surface area contributed by atoms with Crippen molar-refractivity contribution >= 4 is 10.8 Å². The molecule has 0 N–H and O–H groups in total. The van der Waals surface area contributed by atoms with Gasteiger partial charge in [-0.15, -0.1) is 0 Å². The van der Waals surface area contributed by atoms with Gasteiger partial charge in [0, 0.05) is 0 Å². The Labute approximate surface area is 80.2 Å². The summed E-state index contributed by atoms with van der Waals surface area (Å²) >= 11 is 0. The standard InChI is InChI=1S/C12H12.CH4/c1-9-3-5-11-6-4-10(2)8-12(11)7-9;/h3-8H,1-2H3;1H4. The van der Waals surface area contributed by atoms with E-state index in [4.69, 9.17) is 0 Å². The minimum atomic E-state index is 0. The Balaban J connectivity index is 0.000000845. The van der Waals surface area contributed by atoms with Crippen LogP contribution < -0.4 is 0 Å². The van der Waals surface area contributed by atoms with Crippen molar-refractivity contribution in [1.82, 2.24) is 0 Å². The van der Waals surface area contributed by atoms with Crippen molar-refractivity contribution in [3.63, 3.8) is 0 Å². The normalized spacial score (nSPS) is 9.69. The van der Waals surface area contributed by atoms with Crippen molar-refractivity contribution < 1.29 is 0 Å². The Morgan fingerprint density at radius 1 is 0.692 bits per heavy atom. The smallest absolute Gasteiger partial charge is 0.0179 e. The fourth-order valence-corrected chi connectivity index (χ4v) is 1.49. The summed E-state index contributed by atoms with van der Waals surface area (Å²) in [6.07, 6.45) is 0. The van der Waals surface area contributed by atoms with E-state index in [1.54, 1.807) is 0 Å². The highest BCUT2D eigenvalue weighted by atomic mass is 14.0. The first kappa shape index (κ1) is 9.79. The molecule has 0 radical (unpaired) electrons. The lowest BCUT2D eigenvalue weighted by Crippen LogP contribution is -1.76. The molecule has 0 amide bonds. The molecule has 0 unspecified atom stereocenters. The van der Waals surface area contributed by atoms with Gasteiger partial charge in [0.05, 0.1) is 0 Å². The monoisotopic (exact) mass is 172 g/mol. The molecule has 2 aromatic rings. The largest absolute Gasteiger partial charge is 0.0776 e. The SMILES string of the molecule is C.Cc1ccc2ccc(C)cc2c1. The van der Waals surface area contributed by atoms with Gasteiger partial charge in [-0.05, 0) is 24.6 Å². The van der Waals surface area contributed by atoms with Crippen LogP contribution in [0.15, 0.2) is 36.4 Å². The summed E-state index contributed by atoms with van der Waals surface area (Å²) in [7, 11) is 0. The van der Waals surface area contributed by atoms with Gasteiger partial charge >= 0.3 is 0 Å². The van der Waals surface area contributed by atoms with Crippen molar-refractivity contribution in [2.75, 3.05) is 0 Å². The summed E-state index contributed by atoms with van der Waals surface area (Å²) in [4.78, 5) is 0. The van der Waals surface area contributed by atoms with Gasteiger partial charge in [0.1, 0.15) is 0 Å². The molecule has 2 rings (SSSR count). The Kier molecular flexibility index (Phi) is 2.72. The highest BCUT2D eigenvalue weighted by molar-refractivity contribution is 5.83. The van der Waals surface area contributed by atoms with E-state index >= 15 is 0 Å². The third-order valence-corrected chi connectivity index (χ3v) is 2.15. The molecule has 0 heterocycles. The van der Waals surface area contributed by atoms with Crippen LogP contribution in [0.25, 0.3) is 10.8 Å². The van der Waals surface area contributed by atoms with Crippen LogP contribution >= 0.6 is 0 Å². The van der Waals surface area contributed by atoms with Gasteiger partial charge in [0.25, 0.3) is 0 Å². The molecule has 13 heavy (non-hydrogen) atoms. The number of hydrogen-bond donors (Lipinski definition) is 0. The van der Waals surface area contributed by atoms with Crippen molar-refractivity contribution in [3.8, 4) is 0 Å². The number of hydrogen-bond acceptors (Lipinski definition) is 0. The molecule has 0 bridgehead atoms. The molecule has 0 nitrogen and oxygen atoms in total. The number of aryl methyl sites for hydroxylation is 2. The average Bonchev–Trinajstić information content (AvgIpc) is 2.03. The van der Waals surface area contributed by atoms with Crippen LogP contribution in [0.1, 0.15) is 18.6 Å². The van der Waals surface area contributed by atoms with E-state index in [1.807, 2.05) is 0 Å². The molecule has 0 saturated heterocycles. The van der Waals surface area contributed by atoms with Crippen LogP contribution in [0.3, 0.4) is 0 Å². The number of rotatable bonds is 0. The second-order valence-electron chi connectivity index (χ2n) is 3.35. The molecule has 0 saturated carbocycles. The molecule has 2 aromatic carbocycles. The molecule has 0 spiro atoms. The summed E-state index contributed by atoms with van der Waals surface area (Å²) in [6, 6.07) is 13.1. The van der Waals surface area contributed by atoms with E-state index < -0.39 is 0 Å². The molecule has 0 aromatic heterocycles. The lowest BCUT2D eigenvalue weighted by molar-refractivity contribution is 1.47. The minimum Gasteiger partial charge on any atom is -0.0776 e. The fraction of sp³-hybridized carbons (Fsp3) is 0.231. The third kappa shape index (κ3) is 1.89. The Morgan fingerprint density at radius 3 is 1.62 bits per heavy atom. The predicted molar refractivity (Wildman–Crippen MR) is 60.2 cm³/mol. The molecule has 0 atom stereocenters. The van der Waals surface area contributed by atoms with E-state index in [0.717, 1.165) is 0 Å². The predicted octanol–water partition coefficient (Wildman–Crippen LogP) is 4.09. The Bertz CT molecular complexity index is 377. The second kappa shape index (κ2) is 3.61. The summed E-state index contributed by atoms with van der Waals surface area (Å²) < 4.78 is 0. The zero-order valence-corrected chi connectivity index (χ0v) is 7.46. The van der Waals surface area contributed by atoms with Crippen LogP contribution in [-0.4, -0.2) is 0 Å². The topological polar surface area (TPSA) is 0 Å². The van der Waals surface area contributed by atoms with Gasteiger partial charge in [0.15, 0.2) is 0 Å². The highest BCUT2D eigenvalue weighted by Crippen LogP contribution is 2.16.